The van der Waals surface area contributed by atoms with Crippen LogP contribution in [0, 0.1) is 0 Å². The molecule has 1 N–H and O–H groups in total. The quantitative estimate of drug-likeness (QED) is 0.471. The van der Waals surface area contributed by atoms with Gasteiger partial charge in [0.25, 0.3) is 0 Å². The van der Waals surface area contributed by atoms with E-state index in [0.29, 0.717) is 0 Å². The minimum absolute atomic E-state index is 0.282. The van der Waals surface area contributed by atoms with Crippen LogP contribution in [0.15, 0.2) is 12.2 Å². The van der Waals surface area contributed by atoms with E-state index in [2.05, 4.69) is 0 Å². The maximum atomic E-state index is 8.47. The predicted molar refractivity (Wildman–Crippen MR) is 26.5 cm³/mol. The molecule has 0 radical (unpaired) electrons. The second kappa shape index (κ2) is 2.91. The molecule has 0 amide bonds. The van der Waals surface area contributed by atoms with Crippen molar-refractivity contribution in [3.05, 3.63) is 12.2 Å². The lowest BCUT2D eigenvalue weighted by atomic mass is 10.4. The largest absolute Gasteiger partial charge is 0.389 e. The van der Waals surface area contributed by atoms with Crippen LogP contribution in [-0.2, 0) is 0 Å². The van der Waals surface area contributed by atoms with Crippen LogP contribution in [-0.4, -0.2) is 11.2 Å². The van der Waals surface area contributed by atoms with Crippen LogP contribution < -0.4 is 0 Å². The highest BCUT2D eigenvalue weighted by molar-refractivity contribution is 4.81. The van der Waals surface area contributed by atoms with Crippen LogP contribution in [0.25, 0.3) is 0 Å². The Morgan fingerprint density at radius 2 is 2.17 bits per heavy atom. The second-order valence-electron chi connectivity index (χ2n) is 1.27. The number of rotatable bonds is 1. The van der Waals surface area contributed by atoms with Crippen molar-refractivity contribution in [2.24, 2.45) is 0 Å². The van der Waals surface area contributed by atoms with Crippen LogP contribution >= 0.6 is 0 Å². The van der Waals surface area contributed by atoms with Gasteiger partial charge in [0.05, 0.1) is 6.10 Å². The van der Waals surface area contributed by atoms with Gasteiger partial charge in [-0.25, -0.2) is 0 Å². The molecule has 1 atom stereocenters. The van der Waals surface area contributed by atoms with Gasteiger partial charge in [-0.15, -0.1) is 0 Å². The molecule has 0 saturated heterocycles. The Labute approximate surface area is 38.3 Å². The van der Waals surface area contributed by atoms with Crippen molar-refractivity contribution < 1.29 is 5.11 Å². The fourth-order valence-electron chi connectivity index (χ4n) is 0.279. The van der Waals surface area contributed by atoms with Crippen LogP contribution in [0.3, 0.4) is 0 Å². The van der Waals surface area contributed by atoms with Gasteiger partial charge < -0.3 is 5.11 Å². The van der Waals surface area contributed by atoms with Gasteiger partial charge in [0.2, 0.25) is 0 Å². The lowest BCUT2D eigenvalue weighted by Gasteiger charge is -1.87. The summed E-state index contributed by atoms with van der Waals surface area (Å²) < 4.78 is 0. The molecule has 0 heterocycles. The van der Waals surface area contributed by atoms with Crippen molar-refractivity contribution in [3.63, 3.8) is 0 Å². The maximum Gasteiger partial charge on any atom is 0.0692 e. The smallest absolute Gasteiger partial charge is 0.0692 e. The molecular formula is C5H10O. The normalized spacial score (nSPS) is 15.8. The molecule has 0 spiro atoms. The minimum Gasteiger partial charge on any atom is -0.389 e. The van der Waals surface area contributed by atoms with E-state index in [4.69, 9.17) is 5.11 Å². The zero-order valence-electron chi connectivity index (χ0n) is 4.18. The Hall–Kier alpha value is -0.300. The number of aliphatic hydroxyl groups excluding tert-OH is 1. The zero-order chi connectivity index (χ0) is 4.99. The van der Waals surface area contributed by atoms with Crippen LogP contribution in [0.4, 0.5) is 0 Å². The van der Waals surface area contributed by atoms with Crippen LogP contribution in [0.1, 0.15) is 13.8 Å². The number of hydrogen-bond acceptors (Lipinski definition) is 1. The first-order valence-corrected chi connectivity index (χ1v) is 2.08. The van der Waals surface area contributed by atoms with Crippen LogP contribution in [0.2, 0.25) is 0 Å². The molecule has 0 aromatic carbocycles. The highest BCUT2D eigenvalue weighted by atomic mass is 16.3. The van der Waals surface area contributed by atoms with Crippen molar-refractivity contribution in [1.29, 1.82) is 0 Å². The Balaban J connectivity index is 3.03. The summed E-state index contributed by atoms with van der Waals surface area (Å²) in [7, 11) is 0. The molecule has 0 aliphatic heterocycles. The standard InChI is InChI=1S/C5H10O/c1-3-4-5(2)6/h3-6H,1-2H3/b4-3-/t5-/m1/s1. The summed E-state index contributed by atoms with van der Waals surface area (Å²) in [5, 5.41) is 8.47. The van der Waals surface area contributed by atoms with E-state index < -0.39 is 0 Å². The molecule has 0 rings (SSSR count). The summed E-state index contributed by atoms with van der Waals surface area (Å²) in [5.74, 6) is 0. The molecule has 0 aliphatic carbocycles. The monoisotopic (exact) mass is 86.1 g/mol. The van der Waals surface area contributed by atoms with Gasteiger partial charge in [-0.05, 0) is 13.8 Å². The Bertz CT molecular complexity index is 45.9. The SMILES string of the molecule is C/C=C\[C@@H](C)O. The number of hydrogen-bond donors (Lipinski definition) is 1. The van der Waals surface area contributed by atoms with E-state index in [1.54, 1.807) is 13.0 Å². The number of aliphatic hydroxyl groups is 1. The summed E-state index contributed by atoms with van der Waals surface area (Å²) >= 11 is 0. The van der Waals surface area contributed by atoms with E-state index in [1.807, 2.05) is 13.0 Å². The molecule has 0 bridgehead atoms. The molecule has 0 fully saturated rings. The van der Waals surface area contributed by atoms with Gasteiger partial charge >= 0.3 is 0 Å². The fraction of sp³-hybridized carbons (Fsp3) is 0.600. The van der Waals surface area contributed by atoms with Crippen molar-refractivity contribution in [1.82, 2.24) is 0 Å². The van der Waals surface area contributed by atoms with Gasteiger partial charge in [-0.1, -0.05) is 12.2 Å². The predicted octanol–water partition coefficient (Wildman–Crippen LogP) is 0.943. The van der Waals surface area contributed by atoms with Gasteiger partial charge in [0.1, 0.15) is 0 Å². The average Bonchev–Trinajstić information content (AvgIpc) is 1.35. The van der Waals surface area contributed by atoms with Gasteiger partial charge in [-0.2, -0.15) is 0 Å². The molecule has 0 unspecified atom stereocenters. The lowest BCUT2D eigenvalue weighted by Crippen LogP contribution is -1.89. The van der Waals surface area contributed by atoms with Gasteiger partial charge in [0.15, 0.2) is 0 Å². The summed E-state index contributed by atoms with van der Waals surface area (Å²) in [6, 6.07) is 0. The topological polar surface area (TPSA) is 20.2 Å². The first-order chi connectivity index (χ1) is 2.77. The van der Waals surface area contributed by atoms with Crippen molar-refractivity contribution in [2.75, 3.05) is 0 Å². The first-order valence-electron chi connectivity index (χ1n) is 2.08. The van der Waals surface area contributed by atoms with Crippen LogP contribution in [0.5, 0.6) is 0 Å². The second-order valence-corrected chi connectivity index (χ2v) is 1.27. The lowest BCUT2D eigenvalue weighted by molar-refractivity contribution is 0.244. The molecule has 0 aromatic heterocycles. The molecule has 6 heavy (non-hydrogen) atoms. The summed E-state index contributed by atoms with van der Waals surface area (Å²) in [6.07, 6.45) is 3.26. The van der Waals surface area contributed by atoms with E-state index in [9.17, 15) is 0 Å². The molecule has 1 heteroatoms. The molecule has 0 saturated carbocycles. The Morgan fingerprint density at radius 3 is 2.17 bits per heavy atom. The highest BCUT2D eigenvalue weighted by Gasteiger charge is 1.78. The average molecular weight is 86.1 g/mol. The van der Waals surface area contributed by atoms with E-state index in [0.717, 1.165) is 0 Å². The maximum absolute atomic E-state index is 8.47. The minimum atomic E-state index is -0.282. The summed E-state index contributed by atoms with van der Waals surface area (Å²) in [6.45, 7) is 3.60. The molecule has 1 nitrogen and oxygen atoms in total. The summed E-state index contributed by atoms with van der Waals surface area (Å²) in [5.41, 5.74) is 0. The van der Waals surface area contributed by atoms with Crippen molar-refractivity contribution >= 4 is 0 Å². The van der Waals surface area contributed by atoms with Crippen molar-refractivity contribution in [2.45, 2.75) is 20.0 Å². The summed E-state index contributed by atoms with van der Waals surface area (Å²) in [4.78, 5) is 0. The third kappa shape index (κ3) is 3.70. The van der Waals surface area contributed by atoms with E-state index in [1.165, 1.54) is 0 Å². The van der Waals surface area contributed by atoms with E-state index >= 15 is 0 Å². The number of allylic oxidation sites excluding steroid dienone is 1. The van der Waals surface area contributed by atoms with E-state index in [-0.39, 0.29) is 6.10 Å². The molecular weight excluding hydrogens is 76.1 g/mol. The molecule has 0 aromatic rings. The fourth-order valence-corrected chi connectivity index (χ4v) is 0.279. The third-order valence-electron chi connectivity index (χ3n) is 0.471. The van der Waals surface area contributed by atoms with Crippen molar-refractivity contribution in [3.8, 4) is 0 Å². The highest BCUT2D eigenvalue weighted by Crippen LogP contribution is 1.78. The molecule has 36 valence electrons. The van der Waals surface area contributed by atoms with Gasteiger partial charge in [-0.3, -0.25) is 0 Å². The van der Waals surface area contributed by atoms with Gasteiger partial charge in [0, 0.05) is 0 Å². The zero-order valence-corrected chi connectivity index (χ0v) is 4.18. The first kappa shape index (κ1) is 5.70. The Kier molecular flexibility index (Phi) is 2.77. The third-order valence-corrected chi connectivity index (χ3v) is 0.471. The molecule has 0 aliphatic rings. The Morgan fingerprint density at radius 1 is 1.67 bits per heavy atom.